The molecule has 0 aliphatic heterocycles. The Bertz CT molecular complexity index is 958. The Balaban J connectivity index is 1.82. The summed E-state index contributed by atoms with van der Waals surface area (Å²) in [7, 11) is 0. The maximum atomic E-state index is 12.9. The van der Waals surface area contributed by atoms with Crippen molar-refractivity contribution in [3.05, 3.63) is 59.7 Å². The molecule has 0 spiro atoms. The molecule has 32 heavy (non-hydrogen) atoms. The molecule has 0 fully saturated rings. The van der Waals surface area contributed by atoms with Crippen LogP contribution < -0.4 is 0 Å². The summed E-state index contributed by atoms with van der Waals surface area (Å²) in [6.07, 6.45) is -3.44. The van der Waals surface area contributed by atoms with Gasteiger partial charge in [-0.2, -0.15) is 0 Å². The number of amides is 3. The van der Waals surface area contributed by atoms with Crippen LogP contribution in [0.25, 0.3) is 11.1 Å². The van der Waals surface area contributed by atoms with Crippen LogP contribution in [0.1, 0.15) is 58.6 Å². The van der Waals surface area contributed by atoms with Crippen LogP contribution in [0.4, 0.5) is 14.4 Å². The molecule has 0 saturated heterocycles. The second kappa shape index (κ2) is 8.65. The first kappa shape index (κ1) is 23.3. The Morgan fingerprint density at radius 2 is 1.12 bits per heavy atom. The van der Waals surface area contributed by atoms with E-state index < -0.39 is 29.5 Å². The average molecular weight is 440 g/mol. The lowest BCUT2D eigenvalue weighted by molar-refractivity contribution is 0.000686. The number of hydrogen-bond acceptors (Lipinski definition) is 6. The Morgan fingerprint density at radius 1 is 0.719 bits per heavy atom. The van der Waals surface area contributed by atoms with E-state index in [4.69, 9.17) is 14.2 Å². The Morgan fingerprint density at radius 3 is 1.53 bits per heavy atom. The zero-order valence-electron chi connectivity index (χ0n) is 19.3. The molecule has 0 heterocycles. The lowest BCUT2D eigenvalue weighted by Crippen LogP contribution is -2.47. The van der Waals surface area contributed by atoms with E-state index in [-0.39, 0.29) is 17.4 Å². The van der Waals surface area contributed by atoms with Gasteiger partial charge in [-0.1, -0.05) is 48.5 Å². The third-order valence-corrected chi connectivity index (χ3v) is 4.67. The number of rotatable bonds is 2. The fourth-order valence-corrected chi connectivity index (χ4v) is 3.50. The smallest absolute Gasteiger partial charge is 0.429 e. The van der Waals surface area contributed by atoms with E-state index in [0.717, 1.165) is 22.3 Å². The Labute approximate surface area is 188 Å². The molecule has 1 aliphatic rings. The summed E-state index contributed by atoms with van der Waals surface area (Å²) >= 11 is 0. The van der Waals surface area contributed by atoms with Crippen LogP contribution in [-0.2, 0) is 14.2 Å². The molecule has 2 aromatic carbocycles. The number of benzene rings is 2. The Kier molecular flexibility index (Phi) is 6.30. The van der Waals surface area contributed by atoms with Crippen LogP contribution in [0, 0.1) is 0 Å². The maximum absolute atomic E-state index is 12.9. The molecule has 0 N–H and O–H groups in total. The highest BCUT2D eigenvalue weighted by Crippen LogP contribution is 2.44. The molecule has 170 valence electrons. The van der Waals surface area contributed by atoms with Gasteiger partial charge in [-0.15, -0.1) is 4.90 Å². The minimum Gasteiger partial charge on any atom is -0.448 e. The molecule has 1 aliphatic carbocycles. The molecule has 2 aromatic rings. The molecule has 3 rings (SSSR count). The van der Waals surface area contributed by atoms with E-state index in [1.165, 1.54) is 0 Å². The second-order valence-corrected chi connectivity index (χ2v) is 9.60. The van der Waals surface area contributed by atoms with Crippen LogP contribution >= 0.6 is 0 Å². The fraction of sp³-hybridized carbons (Fsp3) is 0.400. The molecule has 7 heteroatoms. The standard InChI is InChI=1S/C25H29NO6/c1-24(2,3)31-22(28)26(23(29)32-25(4,5)6)21(27)30-15-20-18-13-9-7-11-16(18)17-12-8-10-14-19(17)20/h7-14,20H,15H2,1-6H3. The number of ether oxygens (including phenoxy) is 3. The molecule has 7 nitrogen and oxygen atoms in total. The molecular weight excluding hydrogens is 410 g/mol. The summed E-state index contributed by atoms with van der Waals surface area (Å²) in [4.78, 5) is 38.4. The van der Waals surface area contributed by atoms with Gasteiger partial charge < -0.3 is 14.2 Å². The summed E-state index contributed by atoms with van der Waals surface area (Å²) < 4.78 is 15.9. The van der Waals surface area contributed by atoms with Crippen molar-refractivity contribution in [1.29, 1.82) is 0 Å². The van der Waals surface area contributed by atoms with Crippen molar-refractivity contribution in [2.75, 3.05) is 6.61 Å². The van der Waals surface area contributed by atoms with Gasteiger partial charge in [0, 0.05) is 5.92 Å². The van der Waals surface area contributed by atoms with Crippen LogP contribution in [0.5, 0.6) is 0 Å². The lowest BCUT2D eigenvalue weighted by Gasteiger charge is -2.27. The molecule has 0 unspecified atom stereocenters. The van der Waals surface area contributed by atoms with Crippen LogP contribution in [0.2, 0.25) is 0 Å². The van der Waals surface area contributed by atoms with Crippen LogP contribution in [-0.4, -0.2) is 41.0 Å². The van der Waals surface area contributed by atoms with E-state index in [2.05, 4.69) is 0 Å². The van der Waals surface area contributed by atoms with E-state index in [1.807, 2.05) is 48.5 Å². The Hall–Kier alpha value is -3.35. The molecular formula is C25H29NO6. The third kappa shape index (κ3) is 5.28. The van der Waals surface area contributed by atoms with Gasteiger partial charge in [0.15, 0.2) is 0 Å². The highest BCUT2D eigenvalue weighted by atomic mass is 16.6. The number of hydrogen-bond donors (Lipinski definition) is 0. The quantitative estimate of drug-likeness (QED) is 0.525. The first-order valence-electron chi connectivity index (χ1n) is 10.5. The van der Waals surface area contributed by atoms with Crippen LogP contribution in [0.3, 0.4) is 0 Å². The maximum Gasteiger partial charge on any atom is 0.429 e. The van der Waals surface area contributed by atoms with Gasteiger partial charge in [-0.25, -0.2) is 14.4 Å². The van der Waals surface area contributed by atoms with Gasteiger partial charge in [0.2, 0.25) is 0 Å². The zero-order valence-corrected chi connectivity index (χ0v) is 19.3. The van der Waals surface area contributed by atoms with E-state index >= 15 is 0 Å². The minimum atomic E-state index is -1.15. The van der Waals surface area contributed by atoms with Crippen molar-refractivity contribution in [3.63, 3.8) is 0 Å². The number of imide groups is 3. The van der Waals surface area contributed by atoms with Crippen molar-refractivity contribution in [1.82, 2.24) is 4.90 Å². The van der Waals surface area contributed by atoms with E-state index in [9.17, 15) is 14.4 Å². The molecule has 0 bridgehead atoms. The highest BCUT2D eigenvalue weighted by Gasteiger charge is 2.38. The predicted molar refractivity (Wildman–Crippen MR) is 119 cm³/mol. The van der Waals surface area contributed by atoms with E-state index in [0.29, 0.717) is 0 Å². The molecule has 3 amide bonds. The summed E-state index contributed by atoms with van der Waals surface area (Å²) in [5.41, 5.74) is 2.34. The molecule has 0 aromatic heterocycles. The number of nitrogens with zero attached hydrogens (tertiary/aromatic N) is 1. The van der Waals surface area contributed by atoms with Gasteiger partial charge in [0.1, 0.15) is 17.8 Å². The SMILES string of the molecule is CC(C)(C)OC(=O)N(C(=O)OCC1c2ccccc2-c2ccccc21)C(=O)OC(C)(C)C. The molecule has 0 atom stereocenters. The number of carbonyl (C=O) groups excluding carboxylic acids is 3. The van der Waals surface area contributed by atoms with Crippen molar-refractivity contribution in [2.24, 2.45) is 0 Å². The minimum absolute atomic E-state index is 0.0467. The van der Waals surface area contributed by atoms with Crippen molar-refractivity contribution in [2.45, 2.75) is 58.7 Å². The van der Waals surface area contributed by atoms with Gasteiger partial charge in [0.25, 0.3) is 0 Å². The third-order valence-electron chi connectivity index (χ3n) is 4.67. The summed E-state index contributed by atoms with van der Waals surface area (Å²) in [6, 6.07) is 15.8. The normalized spacial score (nSPS) is 13.1. The van der Waals surface area contributed by atoms with Gasteiger partial charge in [-0.05, 0) is 63.8 Å². The van der Waals surface area contributed by atoms with Crippen molar-refractivity contribution in [3.8, 4) is 11.1 Å². The largest absolute Gasteiger partial charge is 0.448 e. The topological polar surface area (TPSA) is 82.1 Å². The average Bonchev–Trinajstić information content (AvgIpc) is 2.97. The predicted octanol–water partition coefficient (Wildman–Crippen LogP) is 6.11. The second-order valence-electron chi connectivity index (χ2n) is 9.60. The first-order valence-corrected chi connectivity index (χ1v) is 10.5. The first-order chi connectivity index (χ1) is 14.9. The fourth-order valence-electron chi connectivity index (χ4n) is 3.50. The summed E-state index contributed by atoms with van der Waals surface area (Å²) in [5, 5.41) is 0. The molecule has 0 saturated carbocycles. The van der Waals surface area contributed by atoms with Crippen molar-refractivity contribution < 1.29 is 28.6 Å². The van der Waals surface area contributed by atoms with Gasteiger partial charge in [0.05, 0.1) is 0 Å². The van der Waals surface area contributed by atoms with Crippen LogP contribution in [0.15, 0.2) is 48.5 Å². The van der Waals surface area contributed by atoms with E-state index in [1.54, 1.807) is 41.5 Å². The van der Waals surface area contributed by atoms with Gasteiger partial charge >= 0.3 is 18.3 Å². The van der Waals surface area contributed by atoms with Gasteiger partial charge in [-0.3, -0.25) is 0 Å². The zero-order chi connectivity index (χ0) is 23.7. The summed E-state index contributed by atoms with van der Waals surface area (Å²) in [5.74, 6) is -0.217. The molecule has 0 radical (unpaired) electrons. The number of carbonyl (C=O) groups is 3. The highest BCUT2D eigenvalue weighted by molar-refractivity contribution is 6.04. The monoisotopic (exact) mass is 439 g/mol. The van der Waals surface area contributed by atoms with Crippen molar-refractivity contribution >= 4 is 18.3 Å². The summed E-state index contributed by atoms with van der Waals surface area (Å²) in [6.45, 7) is 9.76. The lowest BCUT2D eigenvalue weighted by atomic mass is 9.98. The number of fused-ring (bicyclic) bond motifs is 3.